The number of hydrogen-bond donors (Lipinski definition) is 2. The van der Waals surface area contributed by atoms with Gasteiger partial charge in [0.15, 0.2) is 23.1 Å². The van der Waals surface area contributed by atoms with E-state index in [-0.39, 0.29) is 28.5 Å². The van der Waals surface area contributed by atoms with Gasteiger partial charge in [-0.1, -0.05) is 12.2 Å². The van der Waals surface area contributed by atoms with Crippen LogP contribution in [0.4, 0.5) is 10.1 Å². The number of nitrogen functional groups attached to an aromatic ring is 1. The number of ether oxygens (including phenoxy) is 2. The highest BCUT2D eigenvalue weighted by Gasteiger charge is 2.25. The summed E-state index contributed by atoms with van der Waals surface area (Å²) in [6.07, 6.45) is 3.60. The normalized spacial score (nSPS) is 11.6. The zero-order valence-electron chi connectivity index (χ0n) is 16.8. The molecule has 0 radical (unpaired) electrons. The topological polar surface area (TPSA) is 81.8 Å². The minimum Gasteiger partial charge on any atom is -0.504 e. The van der Waals surface area contributed by atoms with Crippen LogP contribution in [0.2, 0.25) is 0 Å². The summed E-state index contributed by atoms with van der Waals surface area (Å²) in [5.41, 5.74) is 6.55. The van der Waals surface area contributed by atoms with Gasteiger partial charge < -0.3 is 20.3 Å². The van der Waals surface area contributed by atoms with Crippen LogP contribution in [0.1, 0.15) is 42.3 Å². The first kappa shape index (κ1) is 21.4. The summed E-state index contributed by atoms with van der Waals surface area (Å²) < 4.78 is 25.2. The van der Waals surface area contributed by atoms with E-state index in [9.17, 15) is 14.3 Å². The molecule has 5 nitrogen and oxygen atoms in total. The summed E-state index contributed by atoms with van der Waals surface area (Å²) in [4.78, 5) is 12.8. The van der Waals surface area contributed by atoms with E-state index in [2.05, 4.69) is 0 Å². The van der Waals surface area contributed by atoms with Crippen LogP contribution in [0.3, 0.4) is 0 Å². The highest BCUT2D eigenvalue weighted by atomic mass is 32.1. The van der Waals surface area contributed by atoms with Gasteiger partial charge in [-0.25, -0.2) is 9.18 Å². The third-order valence-electron chi connectivity index (χ3n) is 3.89. The smallest absolute Gasteiger partial charge is 0.342 e. The fourth-order valence-corrected chi connectivity index (χ4v) is 3.22. The van der Waals surface area contributed by atoms with Gasteiger partial charge >= 0.3 is 5.97 Å². The number of anilines is 1. The first-order valence-corrected chi connectivity index (χ1v) is 10.1. The molecule has 0 aliphatic carbocycles. The van der Waals surface area contributed by atoms with E-state index in [0.29, 0.717) is 5.56 Å². The third kappa shape index (κ3) is 5.39. The second-order valence-electron chi connectivity index (χ2n) is 7.60. The van der Waals surface area contributed by atoms with Crippen molar-refractivity contribution in [3.63, 3.8) is 0 Å². The van der Waals surface area contributed by atoms with Crippen LogP contribution >= 0.6 is 11.3 Å². The van der Waals surface area contributed by atoms with Crippen molar-refractivity contribution in [2.45, 2.75) is 26.4 Å². The van der Waals surface area contributed by atoms with E-state index in [1.807, 2.05) is 22.9 Å². The van der Waals surface area contributed by atoms with Crippen LogP contribution in [0.25, 0.3) is 12.2 Å². The molecule has 0 spiro atoms. The highest BCUT2D eigenvalue weighted by Crippen LogP contribution is 2.38. The fraction of sp³-hybridized carbons (Fsp3) is 0.174. The number of halogens is 1. The number of thiophene rings is 1. The average Bonchev–Trinajstić information content (AvgIpc) is 3.15. The number of carbonyl (C=O) groups is 1. The predicted molar refractivity (Wildman–Crippen MR) is 117 cm³/mol. The monoisotopic (exact) mass is 427 g/mol. The van der Waals surface area contributed by atoms with Gasteiger partial charge in [-0.15, -0.1) is 0 Å². The molecule has 3 rings (SSSR count). The molecule has 0 atom stereocenters. The number of hydrogen-bond acceptors (Lipinski definition) is 6. The van der Waals surface area contributed by atoms with Gasteiger partial charge in [-0.2, -0.15) is 11.3 Å². The summed E-state index contributed by atoms with van der Waals surface area (Å²) >= 11 is 1.56. The van der Waals surface area contributed by atoms with Crippen molar-refractivity contribution < 1.29 is 23.8 Å². The van der Waals surface area contributed by atoms with Gasteiger partial charge in [-0.3, -0.25) is 0 Å². The van der Waals surface area contributed by atoms with Gasteiger partial charge in [0.05, 0.1) is 0 Å². The third-order valence-corrected chi connectivity index (χ3v) is 4.59. The summed E-state index contributed by atoms with van der Waals surface area (Å²) in [5, 5.41) is 14.5. The number of benzene rings is 2. The van der Waals surface area contributed by atoms with E-state index < -0.39 is 17.4 Å². The number of rotatable bonds is 5. The van der Waals surface area contributed by atoms with Gasteiger partial charge in [0, 0.05) is 11.8 Å². The van der Waals surface area contributed by atoms with Crippen molar-refractivity contribution in [1.82, 2.24) is 0 Å². The lowest BCUT2D eigenvalue weighted by Crippen LogP contribution is -2.24. The molecule has 156 valence electrons. The maximum absolute atomic E-state index is 14.2. The number of phenolic OH excluding ortho intramolecular Hbond substituents is 1. The van der Waals surface area contributed by atoms with Crippen molar-refractivity contribution in [1.29, 1.82) is 0 Å². The Hall–Kier alpha value is -3.32. The van der Waals surface area contributed by atoms with Crippen molar-refractivity contribution in [2.75, 3.05) is 5.73 Å². The lowest BCUT2D eigenvalue weighted by atomic mass is 10.1. The number of nitrogens with two attached hydrogens (primary N) is 1. The molecule has 1 aromatic heterocycles. The summed E-state index contributed by atoms with van der Waals surface area (Å²) in [6, 6.07) is 8.78. The molecule has 0 saturated carbocycles. The van der Waals surface area contributed by atoms with Gasteiger partial charge in [0.25, 0.3) is 0 Å². The van der Waals surface area contributed by atoms with Crippen LogP contribution in [0.15, 0.2) is 47.2 Å². The Balaban J connectivity index is 2.04. The van der Waals surface area contributed by atoms with Gasteiger partial charge in [0.2, 0.25) is 0 Å². The summed E-state index contributed by atoms with van der Waals surface area (Å²) in [5.74, 6) is -2.11. The van der Waals surface area contributed by atoms with Crippen molar-refractivity contribution in [3.05, 3.63) is 69.7 Å². The Morgan fingerprint density at radius 3 is 2.50 bits per heavy atom. The maximum atomic E-state index is 14.2. The molecule has 2 aromatic carbocycles. The largest absolute Gasteiger partial charge is 0.504 e. The van der Waals surface area contributed by atoms with Crippen LogP contribution in [-0.4, -0.2) is 16.7 Å². The Morgan fingerprint density at radius 1 is 1.13 bits per heavy atom. The molecule has 0 aliphatic heterocycles. The maximum Gasteiger partial charge on any atom is 0.342 e. The molecule has 7 heteroatoms. The first-order valence-electron chi connectivity index (χ1n) is 9.16. The van der Waals surface area contributed by atoms with Crippen molar-refractivity contribution >= 4 is 35.1 Å². The van der Waals surface area contributed by atoms with Gasteiger partial charge in [0.1, 0.15) is 11.2 Å². The van der Waals surface area contributed by atoms with Gasteiger partial charge in [-0.05, 0) is 73.0 Å². The molecule has 30 heavy (non-hydrogen) atoms. The summed E-state index contributed by atoms with van der Waals surface area (Å²) in [6.45, 7) is 5.18. The molecular formula is C23H22FNO4S. The van der Waals surface area contributed by atoms with Crippen LogP contribution < -0.4 is 10.5 Å². The molecule has 0 saturated heterocycles. The van der Waals surface area contributed by atoms with E-state index in [1.54, 1.807) is 38.2 Å². The second kappa shape index (κ2) is 8.59. The quantitative estimate of drug-likeness (QED) is 0.380. The fourth-order valence-electron chi connectivity index (χ4n) is 2.60. The number of phenols is 1. The molecule has 3 N–H and O–H groups in total. The predicted octanol–water partition coefficient (Wildman–Crippen LogP) is 6.09. The zero-order valence-corrected chi connectivity index (χ0v) is 17.6. The zero-order chi connectivity index (χ0) is 21.9. The molecule has 3 aromatic rings. The van der Waals surface area contributed by atoms with E-state index in [1.165, 1.54) is 24.3 Å². The average molecular weight is 427 g/mol. The molecule has 0 unspecified atom stereocenters. The molecule has 1 heterocycles. The number of esters is 1. The van der Waals surface area contributed by atoms with E-state index in [0.717, 1.165) is 11.6 Å². The summed E-state index contributed by atoms with van der Waals surface area (Å²) in [7, 11) is 0. The molecule has 0 bridgehead atoms. The van der Waals surface area contributed by atoms with E-state index in [4.69, 9.17) is 15.2 Å². The Bertz CT molecular complexity index is 1090. The van der Waals surface area contributed by atoms with Crippen LogP contribution in [-0.2, 0) is 4.74 Å². The lowest BCUT2D eigenvalue weighted by Gasteiger charge is -2.21. The van der Waals surface area contributed by atoms with Crippen molar-refractivity contribution in [2.24, 2.45) is 0 Å². The molecule has 0 aliphatic rings. The first-order chi connectivity index (χ1) is 14.1. The Labute approximate surface area is 178 Å². The number of aromatic hydroxyl groups is 1. The molecular weight excluding hydrogens is 405 g/mol. The Morgan fingerprint density at radius 2 is 1.87 bits per heavy atom. The molecule has 0 fully saturated rings. The Kier molecular flexibility index (Phi) is 6.12. The second-order valence-corrected chi connectivity index (χ2v) is 8.38. The lowest BCUT2D eigenvalue weighted by molar-refractivity contribution is 0.00664. The van der Waals surface area contributed by atoms with Crippen molar-refractivity contribution in [3.8, 4) is 17.2 Å². The van der Waals surface area contributed by atoms with E-state index >= 15 is 0 Å². The van der Waals surface area contributed by atoms with Crippen LogP contribution in [0, 0.1) is 5.82 Å². The standard InChI is InChI=1S/C23H22FNO4S/c1-23(2,3)29-22(27)17-10-15(5-4-14-8-9-30-13-14)11-19(26)21(17)28-20-7-6-16(25)12-18(20)24/h4-13,26H,25H2,1-3H3/b5-4+. The minimum atomic E-state index is -0.765. The van der Waals surface area contributed by atoms with Crippen LogP contribution in [0.5, 0.6) is 17.2 Å². The minimum absolute atomic E-state index is 0.0221. The highest BCUT2D eigenvalue weighted by molar-refractivity contribution is 7.08. The number of carbonyl (C=O) groups excluding carboxylic acids is 1. The SMILES string of the molecule is CC(C)(C)OC(=O)c1cc(/C=C/c2ccsc2)cc(O)c1Oc1ccc(N)cc1F. The molecule has 0 amide bonds.